The Morgan fingerprint density at radius 3 is 1.50 bits per heavy atom. The standard InChI is InChI=1S/C2H4O.H2O3/c1-2-3-1;1-3-2/h1-2H2;1-2H. The first-order chi connectivity index (χ1) is 2.91. The zero-order chi connectivity index (χ0) is 4.83. The minimum Gasteiger partial charge on any atom is -0.377 e. The number of hydrogen-bond acceptors (Lipinski definition) is 4. The van der Waals surface area contributed by atoms with E-state index in [1.54, 1.807) is 0 Å². The van der Waals surface area contributed by atoms with Gasteiger partial charge in [-0.2, -0.15) is 0 Å². The predicted octanol–water partition coefficient (Wildman–Crippen LogP) is -0.0344. The van der Waals surface area contributed by atoms with E-state index in [2.05, 4.69) is 9.78 Å². The monoisotopic (exact) mass is 94.0 g/mol. The van der Waals surface area contributed by atoms with Crippen molar-refractivity contribution in [3.63, 3.8) is 0 Å². The number of ether oxygens (including phenoxy) is 1. The summed E-state index contributed by atoms with van der Waals surface area (Å²) in [6.07, 6.45) is 0. The van der Waals surface area contributed by atoms with Crippen LogP contribution in [-0.4, -0.2) is 23.7 Å². The summed E-state index contributed by atoms with van der Waals surface area (Å²) in [5.74, 6) is 0. The molecule has 1 aliphatic rings. The maximum Gasteiger partial charge on any atom is 0.0701 e. The predicted molar refractivity (Wildman–Crippen MR) is 17.2 cm³/mol. The molecule has 0 aromatic rings. The first kappa shape index (κ1) is 5.84. The largest absolute Gasteiger partial charge is 0.377 e. The molecule has 4 nitrogen and oxygen atoms in total. The lowest BCUT2D eigenvalue weighted by atomic mass is 11.0. The van der Waals surface area contributed by atoms with Crippen molar-refractivity contribution >= 4 is 0 Å². The van der Waals surface area contributed by atoms with Crippen molar-refractivity contribution in [2.75, 3.05) is 13.2 Å². The highest BCUT2D eigenvalue weighted by atomic mass is 17.4. The molecule has 0 aliphatic carbocycles. The van der Waals surface area contributed by atoms with Crippen molar-refractivity contribution in [2.24, 2.45) is 0 Å². The second-order valence-corrected chi connectivity index (χ2v) is 0.694. The number of epoxide rings is 1. The maximum absolute atomic E-state index is 6.62. The average Bonchev–Trinajstić information content (AvgIpc) is 2.11. The van der Waals surface area contributed by atoms with Crippen LogP contribution in [0.3, 0.4) is 0 Å². The Morgan fingerprint density at radius 1 is 1.33 bits per heavy atom. The lowest BCUT2D eigenvalue weighted by Crippen LogP contribution is -1.60. The highest BCUT2D eigenvalue weighted by Crippen LogP contribution is 1.84. The molecule has 38 valence electrons. The van der Waals surface area contributed by atoms with E-state index in [4.69, 9.17) is 10.5 Å². The van der Waals surface area contributed by atoms with Crippen molar-refractivity contribution < 1.29 is 20.3 Å². The molecule has 1 saturated heterocycles. The van der Waals surface area contributed by atoms with Crippen LogP contribution in [0, 0.1) is 0 Å². The molecule has 1 rings (SSSR count). The Balaban J connectivity index is 0.0000000833. The SMILES string of the molecule is C1CO1.OOO. The second-order valence-electron chi connectivity index (χ2n) is 0.694. The molecular weight excluding hydrogens is 88.0 g/mol. The molecule has 0 saturated carbocycles. The Morgan fingerprint density at radius 2 is 1.50 bits per heavy atom. The Bertz CT molecular complexity index is 16.8. The summed E-state index contributed by atoms with van der Waals surface area (Å²) in [6.45, 7) is 2.00. The summed E-state index contributed by atoms with van der Waals surface area (Å²) >= 11 is 0. The third kappa shape index (κ3) is 43.9. The van der Waals surface area contributed by atoms with Gasteiger partial charge in [0.1, 0.15) is 0 Å². The topological polar surface area (TPSA) is 62.2 Å². The van der Waals surface area contributed by atoms with Crippen LogP contribution < -0.4 is 0 Å². The van der Waals surface area contributed by atoms with E-state index >= 15 is 0 Å². The van der Waals surface area contributed by atoms with E-state index in [0.717, 1.165) is 13.2 Å². The van der Waals surface area contributed by atoms with E-state index in [1.807, 2.05) is 0 Å². The molecule has 1 heterocycles. The van der Waals surface area contributed by atoms with Gasteiger partial charge in [-0.25, -0.2) is 10.5 Å². The summed E-state index contributed by atoms with van der Waals surface area (Å²) in [4.78, 5) is 0. The number of rotatable bonds is 0. The van der Waals surface area contributed by atoms with Gasteiger partial charge in [-0.05, 0) is 0 Å². The minimum absolute atomic E-state index is 1.00. The second kappa shape index (κ2) is 4.84. The van der Waals surface area contributed by atoms with Crippen LogP contribution in [0.4, 0.5) is 0 Å². The molecule has 0 radical (unpaired) electrons. The van der Waals surface area contributed by atoms with Crippen LogP contribution in [-0.2, 0) is 9.78 Å². The molecule has 0 aromatic carbocycles. The van der Waals surface area contributed by atoms with Gasteiger partial charge < -0.3 is 4.74 Å². The molecule has 4 heteroatoms. The third-order valence-corrected chi connectivity index (χ3v) is 0.204. The molecule has 2 N–H and O–H groups in total. The Hall–Kier alpha value is -0.160. The summed E-state index contributed by atoms with van der Waals surface area (Å²) in [6, 6.07) is 0. The van der Waals surface area contributed by atoms with Crippen molar-refractivity contribution in [3.8, 4) is 0 Å². The van der Waals surface area contributed by atoms with E-state index < -0.39 is 0 Å². The molecule has 0 aromatic heterocycles. The van der Waals surface area contributed by atoms with Crippen LogP contribution in [0.2, 0.25) is 0 Å². The van der Waals surface area contributed by atoms with Gasteiger partial charge in [-0.1, -0.05) is 5.04 Å². The Kier molecular flexibility index (Phi) is 4.71. The van der Waals surface area contributed by atoms with Crippen LogP contribution in [0.25, 0.3) is 0 Å². The van der Waals surface area contributed by atoms with Crippen molar-refractivity contribution in [3.05, 3.63) is 0 Å². The molecule has 1 aliphatic heterocycles. The van der Waals surface area contributed by atoms with Crippen LogP contribution >= 0.6 is 0 Å². The average molecular weight is 94.1 g/mol. The summed E-state index contributed by atoms with van der Waals surface area (Å²) in [5.41, 5.74) is 0. The lowest BCUT2D eigenvalue weighted by Gasteiger charge is -1.56. The van der Waals surface area contributed by atoms with Gasteiger partial charge >= 0.3 is 0 Å². The van der Waals surface area contributed by atoms with Crippen LogP contribution in [0.5, 0.6) is 0 Å². The smallest absolute Gasteiger partial charge is 0.0701 e. The van der Waals surface area contributed by atoms with Crippen molar-refractivity contribution in [1.82, 2.24) is 0 Å². The highest BCUT2D eigenvalue weighted by Gasteiger charge is 1.94. The zero-order valence-corrected chi connectivity index (χ0v) is 3.13. The fraction of sp³-hybridized carbons (Fsp3) is 1.00. The minimum atomic E-state index is 1.00. The molecule has 0 spiro atoms. The fourth-order valence-corrected chi connectivity index (χ4v) is 0. The molecular formula is C2H6O4. The summed E-state index contributed by atoms with van der Waals surface area (Å²) in [7, 11) is 0. The van der Waals surface area contributed by atoms with Gasteiger partial charge in [0.25, 0.3) is 0 Å². The van der Waals surface area contributed by atoms with Gasteiger partial charge in [0, 0.05) is 0 Å². The van der Waals surface area contributed by atoms with Gasteiger partial charge in [-0.3, -0.25) is 0 Å². The first-order valence-corrected chi connectivity index (χ1v) is 1.44. The zero-order valence-electron chi connectivity index (χ0n) is 3.13. The highest BCUT2D eigenvalue weighted by molar-refractivity contribution is 4.36. The van der Waals surface area contributed by atoms with Crippen molar-refractivity contribution in [2.45, 2.75) is 0 Å². The first-order valence-electron chi connectivity index (χ1n) is 1.44. The van der Waals surface area contributed by atoms with E-state index in [1.165, 1.54) is 0 Å². The molecule has 0 atom stereocenters. The maximum atomic E-state index is 6.62. The van der Waals surface area contributed by atoms with E-state index in [0.29, 0.717) is 0 Å². The Labute approximate surface area is 34.8 Å². The van der Waals surface area contributed by atoms with E-state index in [-0.39, 0.29) is 0 Å². The summed E-state index contributed by atoms with van der Waals surface area (Å²) < 4.78 is 4.50. The number of hydrogen-bond donors (Lipinski definition) is 2. The molecule has 0 bridgehead atoms. The van der Waals surface area contributed by atoms with Gasteiger partial charge in [0.15, 0.2) is 0 Å². The third-order valence-electron chi connectivity index (χ3n) is 0.204. The van der Waals surface area contributed by atoms with Crippen LogP contribution in [0.15, 0.2) is 0 Å². The molecule has 1 fully saturated rings. The van der Waals surface area contributed by atoms with Gasteiger partial charge in [0.2, 0.25) is 0 Å². The normalized spacial score (nSPS) is 15.0. The molecule has 6 heavy (non-hydrogen) atoms. The van der Waals surface area contributed by atoms with Crippen LogP contribution in [0.1, 0.15) is 0 Å². The van der Waals surface area contributed by atoms with Gasteiger partial charge in [-0.15, -0.1) is 0 Å². The molecule has 0 unspecified atom stereocenters. The van der Waals surface area contributed by atoms with E-state index in [9.17, 15) is 0 Å². The lowest BCUT2D eigenvalue weighted by molar-refractivity contribution is -0.465. The quantitative estimate of drug-likeness (QED) is 0.251. The fourth-order valence-electron chi connectivity index (χ4n) is 0. The molecule has 0 amide bonds. The van der Waals surface area contributed by atoms with Gasteiger partial charge in [0.05, 0.1) is 13.2 Å². The van der Waals surface area contributed by atoms with Crippen molar-refractivity contribution in [1.29, 1.82) is 0 Å². The summed E-state index contributed by atoms with van der Waals surface area (Å²) in [5, 5.41) is 15.5.